The number of hydrogen-bond acceptors (Lipinski definition) is 5. The van der Waals surface area contributed by atoms with Gasteiger partial charge in [0.25, 0.3) is 0 Å². The summed E-state index contributed by atoms with van der Waals surface area (Å²) in [6, 6.07) is 16.7. The predicted molar refractivity (Wildman–Crippen MR) is 118 cm³/mol. The van der Waals surface area contributed by atoms with E-state index in [4.69, 9.17) is 4.74 Å². The highest BCUT2D eigenvalue weighted by Crippen LogP contribution is 2.30. The summed E-state index contributed by atoms with van der Waals surface area (Å²) in [5, 5.41) is 5.10. The minimum absolute atomic E-state index is 0.310. The van der Waals surface area contributed by atoms with Crippen molar-refractivity contribution in [1.82, 2.24) is 15.5 Å². The van der Waals surface area contributed by atoms with E-state index in [-0.39, 0.29) is 5.91 Å². The molecule has 2 aromatic carbocycles. The van der Waals surface area contributed by atoms with Crippen LogP contribution in [0, 0.1) is 0 Å². The van der Waals surface area contributed by atoms with E-state index in [2.05, 4.69) is 26.5 Å². The number of rotatable bonds is 7. The number of nitrogens with one attached hydrogen (secondary N) is 2. The Balaban J connectivity index is 1.74. The fourth-order valence-corrected chi connectivity index (χ4v) is 3.77. The Labute approximate surface area is 178 Å². The summed E-state index contributed by atoms with van der Waals surface area (Å²) in [6.45, 7) is 7.81. The molecule has 7 heteroatoms. The van der Waals surface area contributed by atoms with E-state index in [1.165, 1.54) is 0 Å². The van der Waals surface area contributed by atoms with E-state index in [0.717, 1.165) is 30.1 Å². The monoisotopic (exact) mass is 410 g/mol. The summed E-state index contributed by atoms with van der Waals surface area (Å²) >= 11 is 0. The molecule has 2 aromatic rings. The first-order chi connectivity index (χ1) is 14.6. The molecular weight excluding hydrogens is 380 g/mol. The van der Waals surface area contributed by atoms with Crippen molar-refractivity contribution in [2.24, 2.45) is 0 Å². The molecule has 1 fully saturated rings. The first-order valence-electron chi connectivity index (χ1n) is 10.5. The highest BCUT2D eigenvalue weighted by Gasteiger charge is 2.31. The van der Waals surface area contributed by atoms with E-state index in [1.54, 1.807) is 0 Å². The zero-order valence-electron chi connectivity index (χ0n) is 17.6. The molecule has 7 nitrogen and oxygen atoms in total. The van der Waals surface area contributed by atoms with Gasteiger partial charge in [0.05, 0.1) is 12.3 Å². The lowest BCUT2D eigenvalue weighted by atomic mass is 10.0. The Bertz CT molecular complexity index is 835. The van der Waals surface area contributed by atoms with E-state index in [0.29, 0.717) is 26.2 Å². The van der Waals surface area contributed by atoms with Crippen LogP contribution in [-0.4, -0.2) is 56.2 Å². The largest absolute Gasteiger partial charge is 0.492 e. The van der Waals surface area contributed by atoms with Gasteiger partial charge < -0.3 is 15.0 Å². The molecule has 0 aliphatic carbocycles. The third-order valence-electron chi connectivity index (χ3n) is 5.12. The van der Waals surface area contributed by atoms with Crippen molar-refractivity contribution >= 4 is 17.6 Å². The van der Waals surface area contributed by atoms with Gasteiger partial charge in [0.1, 0.15) is 11.8 Å². The maximum Gasteiger partial charge on any atom is 0.321 e. The number of benzene rings is 2. The van der Waals surface area contributed by atoms with Gasteiger partial charge in [-0.2, -0.15) is 0 Å². The van der Waals surface area contributed by atoms with Gasteiger partial charge in [-0.3, -0.25) is 15.0 Å². The summed E-state index contributed by atoms with van der Waals surface area (Å²) in [5.74, 6) is 0.567. The number of carbonyl (C=O) groups is 2. The second kappa shape index (κ2) is 10.6. The van der Waals surface area contributed by atoms with Crippen LogP contribution in [0.4, 0.5) is 10.5 Å². The molecule has 0 radical (unpaired) electrons. The quantitative estimate of drug-likeness (QED) is 0.734. The van der Waals surface area contributed by atoms with Crippen LogP contribution in [0.15, 0.2) is 54.6 Å². The van der Waals surface area contributed by atoms with Gasteiger partial charge in [-0.15, -0.1) is 0 Å². The van der Waals surface area contributed by atoms with Gasteiger partial charge in [0.15, 0.2) is 0 Å². The molecule has 1 aliphatic heterocycles. The van der Waals surface area contributed by atoms with E-state index in [9.17, 15) is 9.59 Å². The Kier molecular flexibility index (Phi) is 7.68. The van der Waals surface area contributed by atoms with Gasteiger partial charge >= 0.3 is 6.03 Å². The van der Waals surface area contributed by atoms with Crippen LogP contribution in [0.5, 0.6) is 5.75 Å². The standard InChI is InChI=1S/C23H30N4O3/c1-3-24-23(29)25-22(28)21(18-10-6-5-7-11-18)27-16-14-26(15-17-27)19-12-8-9-13-20(19)30-4-2/h5-13,21H,3-4,14-17H2,1-2H3,(H2,24,25,28,29)/t21-/m1/s1. The molecule has 1 atom stereocenters. The highest BCUT2D eigenvalue weighted by atomic mass is 16.5. The number of ether oxygens (including phenoxy) is 1. The van der Waals surface area contributed by atoms with Crippen molar-refractivity contribution in [2.45, 2.75) is 19.9 Å². The zero-order chi connectivity index (χ0) is 21.3. The molecule has 2 N–H and O–H groups in total. The third kappa shape index (κ3) is 5.30. The zero-order valence-corrected chi connectivity index (χ0v) is 17.6. The molecule has 3 amide bonds. The number of imide groups is 1. The number of hydrogen-bond donors (Lipinski definition) is 2. The van der Waals surface area contributed by atoms with Crippen molar-refractivity contribution in [2.75, 3.05) is 44.2 Å². The van der Waals surface area contributed by atoms with Crippen LogP contribution < -0.4 is 20.3 Å². The van der Waals surface area contributed by atoms with Crippen molar-refractivity contribution in [1.29, 1.82) is 0 Å². The van der Waals surface area contributed by atoms with Gasteiger partial charge in [-0.1, -0.05) is 42.5 Å². The van der Waals surface area contributed by atoms with Gasteiger partial charge in [0.2, 0.25) is 5.91 Å². The number of anilines is 1. The minimum Gasteiger partial charge on any atom is -0.492 e. The van der Waals surface area contributed by atoms with Crippen LogP contribution in [0.25, 0.3) is 0 Å². The molecule has 1 aliphatic rings. The number of amides is 3. The number of nitrogens with zero attached hydrogens (tertiary/aromatic N) is 2. The van der Waals surface area contributed by atoms with Crippen LogP contribution in [-0.2, 0) is 4.79 Å². The molecule has 3 rings (SSSR count). The normalized spacial score (nSPS) is 15.3. The summed E-state index contributed by atoms with van der Waals surface area (Å²) in [7, 11) is 0. The average Bonchev–Trinajstić information content (AvgIpc) is 2.76. The SMILES string of the molecule is CCNC(=O)NC(=O)[C@@H](c1ccccc1)N1CCN(c2ccccc2OCC)CC1. The highest BCUT2D eigenvalue weighted by molar-refractivity contribution is 5.97. The topological polar surface area (TPSA) is 73.9 Å². The molecule has 0 unspecified atom stereocenters. The van der Waals surface area contributed by atoms with Crippen molar-refractivity contribution in [3.63, 3.8) is 0 Å². The van der Waals surface area contributed by atoms with Crippen molar-refractivity contribution in [3.05, 3.63) is 60.2 Å². The molecule has 30 heavy (non-hydrogen) atoms. The van der Waals surface area contributed by atoms with E-state index >= 15 is 0 Å². The Hall–Kier alpha value is -3.06. The maximum atomic E-state index is 13.0. The van der Waals surface area contributed by atoms with Gasteiger partial charge in [-0.05, 0) is 31.5 Å². The summed E-state index contributed by atoms with van der Waals surface area (Å²) in [6.07, 6.45) is 0. The third-order valence-corrected chi connectivity index (χ3v) is 5.12. The van der Waals surface area contributed by atoms with Crippen LogP contribution >= 0.6 is 0 Å². The summed E-state index contributed by atoms with van der Waals surface area (Å²) < 4.78 is 5.77. The number of piperazine rings is 1. The fraction of sp³-hybridized carbons (Fsp3) is 0.391. The van der Waals surface area contributed by atoms with Gasteiger partial charge in [0, 0.05) is 32.7 Å². The van der Waals surface area contributed by atoms with Crippen molar-refractivity contribution < 1.29 is 14.3 Å². The summed E-state index contributed by atoms with van der Waals surface area (Å²) in [4.78, 5) is 29.3. The average molecular weight is 411 g/mol. The number of urea groups is 1. The summed E-state index contributed by atoms with van der Waals surface area (Å²) in [5.41, 5.74) is 1.95. The molecule has 0 spiro atoms. The predicted octanol–water partition coefficient (Wildman–Crippen LogP) is 2.79. The first kappa shape index (κ1) is 21.6. The Morgan fingerprint density at radius 2 is 1.63 bits per heavy atom. The lowest BCUT2D eigenvalue weighted by Gasteiger charge is -2.40. The molecule has 0 saturated carbocycles. The van der Waals surface area contributed by atoms with Crippen LogP contribution in [0.3, 0.4) is 0 Å². The van der Waals surface area contributed by atoms with Gasteiger partial charge in [-0.25, -0.2) is 4.79 Å². The smallest absolute Gasteiger partial charge is 0.321 e. The number of carbonyl (C=O) groups excluding carboxylic acids is 2. The minimum atomic E-state index is -0.516. The lowest BCUT2D eigenvalue weighted by Crippen LogP contribution is -2.52. The number of para-hydroxylation sites is 2. The van der Waals surface area contributed by atoms with Crippen molar-refractivity contribution in [3.8, 4) is 5.75 Å². The molecule has 1 heterocycles. The molecular formula is C23H30N4O3. The van der Waals surface area contributed by atoms with Crippen LogP contribution in [0.2, 0.25) is 0 Å². The van der Waals surface area contributed by atoms with E-state index < -0.39 is 12.1 Å². The Morgan fingerprint density at radius 1 is 0.967 bits per heavy atom. The first-order valence-corrected chi connectivity index (χ1v) is 10.5. The molecule has 0 bridgehead atoms. The maximum absolute atomic E-state index is 13.0. The van der Waals surface area contributed by atoms with Crippen LogP contribution in [0.1, 0.15) is 25.5 Å². The molecule has 0 aromatic heterocycles. The lowest BCUT2D eigenvalue weighted by molar-refractivity contribution is -0.125. The fourth-order valence-electron chi connectivity index (χ4n) is 3.77. The second-order valence-electron chi connectivity index (χ2n) is 7.09. The second-order valence-corrected chi connectivity index (χ2v) is 7.09. The molecule has 1 saturated heterocycles. The Morgan fingerprint density at radius 3 is 2.30 bits per heavy atom. The van der Waals surface area contributed by atoms with E-state index in [1.807, 2.05) is 62.4 Å². The molecule has 160 valence electrons.